The summed E-state index contributed by atoms with van der Waals surface area (Å²) in [5, 5.41) is 3.69. The molecule has 0 amide bonds. The molecule has 1 N–H and O–H groups in total. The molecule has 0 aromatic heterocycles. The quantitative estimate of drug-likeness (QED) is 0.858. The lowest BCUT2D eigenvalue weighted by molar-refractivity contribution is 0.367. The summed E-state index contributed by atoms with van der Waals surface area (Å²) in [4.78, 5) is 2.38. The van der Waals surface area contributed by atoms with E-state index in [1.54, 1.807) is 0 Å². The zero-order valence-electron chi connectivity index (χ0n) is 11.3. The lowest BCUT2D eigenvalue weighted by atomic mass is 9.93. The number of nitrogens with one attached hydrogen (secondary N) is 1. The molecule has 1 aromatic rings. The molecule has 0 spiro atoms. The molecule has 0 saturated carbocycles. The first kappa shape index (κ1) is 12.4. The number of hydrogen-bond donors (Lipinski definition) is 1. The van der Waals surface area contributed by atoms with Crippen LogP contribution in [0.2, 0.25) is 0 Å². The molecule has 0 aliphatic carbocycles. The summed E-state index contributed by atoms with van der Waals surface area (Å²) in [5.74, 6) is 0. The Hall–Kier alpha value is -1.02. The third-order valence-corrected chi connectivity index (χ3v) is 4.02. The molecule has 0 radical (unpaired) electrons. The van der Waals surface area contributed by atoms with Crippen LogP contribution in [0, 0.1) is 6.92 Å². The van der Waals surface area contributed by atoms with Crippen LogP contribution < -0.4 is 10.2 Å². The first-order chi connectivity index (χ1) is 8.15. The van der Waals surface area contributed by atoms with Crippen LogP contribution in [0.15, 0.2) is 24.3 Å². The van der Waals surface area contributed by atoms with Crippen molar-refractivity contribution in [3.8, 4) is 0 Å². The fraction of sp³-hybridized carbons (Fsp3) is 0.600. The van der Waals surface area contributed by atoms with Crippen molar-refractivity contribution in [2.75, 3.05) is 25.0 Å². The molecule has 1 unspecified atom stereocenters. The maximum atomic E-state index is 3.69. The molecule has 17 heavy (non-hydrogen) atoms. The van der Waals surface area contributed by atoms with E-state index in [0.717, 1.165) is 6.54 Å². The zero-order valence-corrected chi connectivity index (χ0v) is 11.3. The van der Waals surface area contributed by atoms with Crippen LogP contribution in [0.3, 0.4) is 0 Å². The van der Waals surface area contributed by atoms with Gasteiger partial charge in [-0.1, -0.05) is 24.6 Å². The molecular formula is C15H24N2. The maximum absolute atomic E-state index is 3.69. The monoisotopic (exact) mass is 232 g/mol. The lowest BCUT2D eigenvalue weighted by Gasteiger charge is -2.34. The zero-order chi connectivity index (χ0) is 12.3. The Kier molecular flexibility index (Phi) is 3.72. The van der Waals surface area contributed by atoms with E-state index in [1.807, 2.05) is 0 Å². The second-order valence-corrected chi connectivity index (χ2v) is 5.36. The number of anilines is 1. The smallest absolute Gasteiger partial charge is 0.0364 e. The third kappa shape index (κ3) is 2.81. The summed E-state index contributed by atoms with van der Waals surface area (Å²) in [6, 6.07) is 8.81. The highest BCUT2D eigenvalue weighted by Crippen LogP contribution is 2.26. The van der Waals surface area contributed by atoms with E-state index in [4.69, 9.17) is 0 Å². The number of hydrogen-bond acceptors (Lipinski definition) is 2. The first-order valence-electron chi connectivity index (χ1n) is 6.68. The molecule has 2 heteroatoms. The SMILES string of the molecule is CCC1(CN(C)c2ccc(C)cc2)CCCN1. The molecule has 1 aromatic carbocycles. The summed E-state index contributed by atoms with van der Waals surface area (Å²) in [6.45, 7) is 6.71. The van der Waals surface area contributed by atoms with Crippen molar-refractivity contribution < 1.29 is 0 Å². The van der Waals surface area contributed by atoms with Gasteiger partial charge in [0.1, 0.15) is 0 Å². The predicted molar refractivity (Wildman–Crippen MR) is 74.7 cm³/mol. The normalized spacial score (nSPS) is 23.9. The summed E-state index contributed by atoms with van der Waals surface area (Å²) in [5.41, 5.74) is 2.98. The van der Waals surface area contributed by atoms with Gasteiger partial charge in [-0.2, -0.15) is 0 Å². The van der Waals surface area contributed by atoms with Gasteiger partial charge >= 0.3 is 0 Å². The summed E-state index contributed by atoms with van der Waals surface area (Å²) < 4.78 is 0. The standard InChI is InChI=1S/C15H24N2/c1-4-15(10-5-11-16-15)12-17(3)14-8-6-13(2)7-9-14/h6-9,16H,4-5,10-12H2,1-3H3. The van der Waals surface area contributed by atoms with Crippen molar-refractivity contribution in [3.05, 3.63) is 29.8 Å². The molecule has 1 fully saturated rings. The van der Waals surface area contributed by atoms with Crippen LogP contribution in [0.4, 0.5) is 5.69 Å². The average Bonchev–Trinajstić information content (AvgIpc) is 2.79. The van der Waals surface area contributed by atoms with Crippen LogP contribution in [-0.4, -0.2) is 25.7 Å². The molecule has 1 heterocycles. The minimum atomic E-state index is 0.333. The van der Waals surface area contributed by atoms with Gasteiger partial charge in [-0.3, -0.25) is 0 Å². The molecule has 1 atom stereocenters. The molecular weight excluding hydrogens is 208 g/mol. The molecule has 94 valence electrons. The molecule has 1 aliphatic rings. The lowest BCUT2D eigenvalue weighted by Crippen LogP contribution is -2.48. The molecule has 1 saturated heterocycles. The number of rotatable bonds is 4. The van der Waals surface area contributed by atoms with Gasteiger partial charge in [0.05, 0.1) is 0 Å². The largest absolute Gasteiger partial charge is 0.373 e. The van der Waals surface area contributed by atoms with Crippen LogP contribution >= 0.6 is 0 Å². The van der Waals surface area contributed by atoms with E-state index in [1.165, 1.54) is 37.1 Å². The van der Waals surface area contributed by atoms with Gasteiger partial charge in [0, 0.05) is 24.8 Å². The maximum Gasteiger partial charge on any atom is 0.0364 e. The Balaban J connectivity index is 2.05. The minimum Gasteiger partial charge on any atom is -0.373 e. The highest BCUT2D eigenvalue weighted by atomic mass is 15.2. The Morgan fingerprint density at radius 2 is 2.00 bits per heavy atom. The molecule has 2 nitrogen and oxygen atoms in total. The van der Waals surface area contributed by atoms with E-state index in [9.17, 15) is 0 Å². The van der Waals surface area contributed by atoms with Gasteiger partial charge in [-0.25, -0.2) is 0 Å². The number of likely N-dealkylation sites (N-methyl/N-ethyl adjacent to an activating group) is 1. The second kappa shape index (κ2) is 5.09. The van der Waals surface area contributed by atoms with Crippen molar-refractivity contribution in [2.45, 2.75) is 38.6 Å². The summed E-state index contributed by atoms with van der Waals surface area (Å²) in [7, 11) is 2.20. The van der Waals surface area contributed by atoms with E-state index < -0.39 is 0 Å². The number of aryl methyl sites for hydroxylation is 1. The molecule has 1 aliphatic heterocycles. The summed E-state index contributed by atoms with van der Waals surface area (Å²) in [6.07, 6.45) is 3.83. The van der Waals surface area contributed by atoms with Crippen LogP contribution in [0.25, 0.3) is 0 Å². The van der Waals surface area contributed by atoms with Gasteiger partial charge in [0.15, 0.2) is 0 Å². The Bertz CT molecular complexity index is 350. The van der Waals surface area contributed by atoms with E-state index in [0.29, 0.717) is 5.54 Å². The van der Waals surface area contributed by atoms with Gasteiger partial charge < -0.3 is 10.2 Å². The highest BCUT2D eigenvalue weighted by Gasteiger charge is 2.32. The van der Waals surface area contributed by atoms with Gasteiger partial charge in [-0.15, -0.1) is 0 Å². The van der Waals surface area contributed by atoms with Crippen LogP contribution in [0.1, 0.15) is 31.7 Å². The van der Waals surface area contributed by atoms with Crippen molar-refractivity contribution in [1.82, 2.24) is 5.32 Å². The summed E-state index contributed by atoms with van der Waals surface area (Å²) >= 11 is 0. The van der Waals surface area contributed by atoms with Gasteiger partial charge in [0.2, 0.25) is 0 Å². The van der Waals surface area contributed by atoms with E-state index in [-0.39, 0.29) is 0 Å². The fourth-order valence-electron chi connectivity index (χ4n) is 2.76. The Labute approximate surface area is 105 Å². The van der Waals surface area contributed by atoms with Crippen molar-refractivity contribution in [3.63, 3.8) is 0 Å². The van der Waals surface area contributed by atoms with Crippen LogP contribution in [0.5, 0.6) is 0 Å². The van der Waals surface area contributed by atoms with Crippen molar-refractivity contribution in [2.24, 2.45) is 0 Å². The Morgan fingerprint density at radius 3 is 2.53 bits per heavy atom. The van der Waals surface area contributed by atoms with Gasteiger partial charge in [0.25, 0.3) is 0 Å². The molecule has 0 bridgehead atoms. The number of nitrogens with zero attached hydrogens (tertiary/aromatic N) is 1. The third-order valence-electron chi connectivity index (χ3n) is 4.02. The van der Waals surface area contributed by atoms with Gasteiger partial charge in [-0.05, 0) is 44.9 Å². The predicted octanol–water partition coefficient (Wildman–Crippen LogP) is 2.96. The topological polar surface area (TPSA) is 15.3 Å². The first-order valence-corrected chi connectivity index (χ1v) is 6.68. The van der Waals surface area contributed by atoms with E-state index >= 15 is 0 Å². The number of benzene rings is 1. The van der Waals surface area contributed by atoms with Crippen molar-refractivity contribution >= 4 is 5.69 Å². The van der Waals surface area contributed by atoms with Crippen LogP contribution in [-0.2, 0) is 0 Å². The fourth-order valence-corrected chi connectivity index (χ4v) is 2.76. The second-order valence-electron chi connectivity index (χ2n) is 5.36. The Morgan fingerprint density at radius 1 is 1.29 bits per heavy atom. The highest BCUT2D eigenvalue weighted by molar-refractivity contribution is 5.47. The average molecular weight is 232 g/mol. The molecule has 2 rings (SSSR count). The van der Waals surface area contributed by atoms with Crippen molar-refractivity contribution in [1.29, 1.82) is 0 Å². The minimum absolute atomic E-state index is 0.333. The van der Waals surface area contributed by atoms with E-state index in [2.05, 4.69) is 55.4 Å².